The number of hydrogen-bond acceptors (Lipinski definition) is 3. The summed E-state index contributed by atoms with van der Waals surface area (Å²) < 4.78 is 0. The Morgan fingerprint density at radius 2 is 2.08 bits per heavy atom. The summed E-state index contributed by atoms with van der Waals surface area (Å²) in [6.45, 7) is 1.63. The van der Waals surface area contributed by atoms with E-state index in [0.717, 1.165) is 0 Å². The summed E-state index contributed by atoms with van der Waals surface area (Å²) in [5.41, 5.74) is 0. The molecule has 2 radical (unpaired) electrons. The molecule has 0 aliphatic rings. The van der Waals surface area contributed by atoms with E-state index in [1.54, 1.807) is 6.92 Å². The fourth-order valence-corrected chi connectivity index (χ4v) is 0.759. The van der Waals surface area contributed by atoms with E-state index in [0.29, 0.717) is 6.42 Å². The first-order valence-electron chi connectivity index (χ1n) is 3.45. The van der Waals surface area contributed by atoms with Gasteiger partial charge in [-0.1, -0.05) is 6.92 Å². The Labute approximate surface area is 71.2 Å². The van der Waals surface area contributed by atoms with Gasteiger partial charge in [0.25, 0.3) is 0 Å². The number of rotatable bonds is 4. The molecule has 0 heterocycles. The average Bonchev–Trinajstić information content (AvgIpc) is 1.98. The molecular formula is C6H10BNO4. The van der Waals surface area contributed by atoms with Gasteiger partial charge >= 0.3 is 5.97 Å². The first kappa shape index (κ1) is 11.0. The molecule has 0 aliphatic carbocycles. The lowest BCUT2D eigenvalue weighted by molar-refractivity contribution is -0.148. The van der Waals surface area contributed by atoms with Gasteiger partial charge in [0.1, 0.15) is 0 Å². The topological polar surface area (TPSA) is 86.6 Å². The van der Waals surface area contributed by atoms with Crippen LogP contribution in [0.2, 0.25) is 0 Å². The summed E-state index contributed by atoms with van der Waals surface area (Å²) in [4.78, 5) is 20.5. The number of aliphatic carboxylic acids is 1. The van der Waals surface area contributed by atoms with Crippen LogP contribution in [0, 0.1) is 0 Å². The Hall–Kier alpha value is -1.04. The Bertz CT molecular complexity index is 184. The Morgan fingerprint density at radius 1 is 1.58 bits per heavy atom. The number of carbonyl (C=O) groups is 2. The second-order valence-corrected chi connectivity index (χ2v) is 2.31. The van der Waals surface area contributed by atoms with E-state index in [4.69, 9.17) is 18.1 Å². The van der Waals surface area contributed by atoms with Crippen LogP contribution in [0.1, 0.15) is 13.3 Å². The Balaban J connectivity index is 4.14. The Kier molecular flexibility index (Phi) is 4.35. The second kappa shape index (κ2) is 4.76. The van der Waals surface area contributed by atoms with E-state index in [2.05, 4.69) is 5.32 Å². The third-order valence-corrected chi connectivity index (χ3v) is 1.40. The first-order valence-corrected chi connectivity index (χ1v) is 3.45. The average molecular weight is 171 g/mol. The molecule has 0 fully saturated rings. The van der Waals surface area contributed by atoms with Crippen molar-refractivity contribution in [2.45, 2.75) is 25.5 Å². The van der Waals surface area contributed by atoms with E-state index < -0.39 is 23.9 Å². The summed E-state index contributed by atoms with van der Waals surface area (Å²) in [5.74, 6) is -2.22. The molecule has 1 unspecified atom stereocenters. The highest BCUT2D eigenvalue weighted by atomic mass is 16.4. The van der Waals surface area contributed by atoms with E-state index in [1.165, 1.54) is 0 Å². The maximum Gasteiger partial charge on any atom is 0.334 e. The number of aliphatic hydroxyl groups is 1. The van der Waals surface area contributed by atoms with Gasteiger partial charge in [-0.25, -0.2) is 4.79 Å². The second-order valence-electron chi connectivity index (χ2n) is 2.31. The van der Waals surface area contributed by atoms with Gasteiger partial charge in [-0.2, -0.15) is 0 Å². The SMILES string of the molecule is [B]C(=O)N[C@@H](CC)C(O)C(=O)O. The molecule has 0 bridgehead atoms. The first-order chi connectivity index (χ1) is 5.49. The van der Waals surface area contributed by atoms with E-state index >= 15 is 0 Å². The smallest absolute Gasteiger partial charge is 0.334 e. The van der Waals surface area contributed by atoms with Gasteiger partial charge in [0, 0.05) is 0 Å². The van der Waals surface area contributed by atoms with Crippen LogP contribution in [0.4, 0.5) is 4.79 Å². The molecule has 0 aliphatic heterocycles. The van der Waals surface area contributed by atoms with Gasteiger partial charge in [0.05, 0.1) is 6.04 Å². The molecule has 12 heavy (non-hydrogen) atoms. The maximum atomic E-state index is 10.3. The predicted octanol–water partition coefficient (Wildman–Crippen LogP) is -0.911. The third-order valence-electron chi connectivity index (χ3n) is 1.40. The van der Waals surface area contributed by atoms with Crippen molar-refractivity contribution in [2.24, 2.45) is 0 Å². The molecule has 3 N–H and O–H groups in total. The summed E-state index contributed by atoms with van der Waals surface area (Å²) in [6, 6.07) is -0.833. The van der Waals surface area contributed by atoms with Crippen molar-refractivity contribution in [1.29, 1.82) is 0 Å². The molecule has 0 rings (SSSR count). The molecule has 0 aromatic rings. The van der Waals surface area contributed by atoms with Crippen LogP contribution in [0.15, 0.2) is 0 Å². The van der Waals surface area contributed by atoms with Gasteiger partial charge in [-0.3, -0.25) is 4.79 Å². The van der Waals surface area contributed by atoms with Crippen molar-refractivity contribution >= 4 is 19.6 Å². The lowest BCUT2D eigenvalue weighted by Crippen LogP contribution is -2.46. The lowest BCUT2D eigenvalue weighted by atomic mass is 10.0. The molecule has 6 heteroatoms. The minimum absolute atomic E-state index is 0.302. The van der Waals surface area contributed by atoms with Crippen LogP contribution in [-0.2, 0) is 4.79 Å². The van der Waals surface area contributed by atoms with Gasteiger partial charge in [-0.05, 0) is 6.42 Å². The standard InChI is InChI=1S/C6H10BNO4/c1-2-3(8-6(7)12)4(9)5(10)11/h3-4,9H,2H2,1H3,(H,8,12)(H,10,11)/t3-,4?/m0/s1. The summed E-state index contributed by atoms with van der Waals surface area (Å²) in [6.07, 6.45) is -1.31. The van der Waals surface area contributed by atoms with Gasteiger partial charge in [0.2, 0.25) is 7.85 Å². The molecule has 0 aromatic heterocycles. The largest absolute Gasteiger partial charge is 0.479 e. The summed E-state index contributed by atoms with van der Waals surface area (Å²) in [5, 5.41) is 19.4. The Morgan fingerprint density at radius 3 is 2.33 bits per heavy atom. The van der Waals surface area contributed by atoms with Crippen molar-refractivity contribution < 1.29 is 19.8 Å². The molecule has 1 amide bonds. The zero-order valence-electron chi connectivity index (χ0n) is 6.65. The van der Waals surface area contributed by atoms with Crippen LogP contribution in [0.3, 0.4) is 0 Å². The zero-order valence-corrected chi connectivity index (χ0v) is 6.65. The van der Waals surface area contributed by atoms with Crippen molar-refractivity contribution in [3.05, 3.63) is 0 Å². The minimum Gasteiger partial charge on any atom is -0.479 e. The third kappa shape index (κ3) is 3.38. The monoisotopic (exact) mass is 171 g/mol. The van der Waals surface area contributed by atoms with Crippen molar-refractivity contribution in [3.63, 3.8) is 0 Å². The van der Waals surface area contributed by atoms with Gasteiger partial charge in [0.15, 0.2) is 11.9 Å². The van der Waals surface area contributed by atoms with Crippen LogP contribution in [0.25, 0.3) is 0 Å². The number of aliphatic hydroxyl groups excluding tert-OH is 1. The molecule has 0 saturated carbocycles. The fourth-order valence-electron chi connectivity index (χ4n) is 0.759. The van der Waals surface area contributed by atoms with Crippen molar-refractivity contribution in [1.82, 2.24) is 5.32 Å². The number of carboxylic acids is 1. The van der Waals surface area contributed by atoms with E-state index in [1.807, 2.05) is 0 Å². The number of carboxylic acid groups (broad SMARTS) is 1. The van der Waals surface area contributed by atoms with Crippen LogP contribution >= 0.6 is 0 Å². The molecule has 5 nitrogen and oxygen atoms in total. The molecule has 0 aromatic carbocycles. The maximum absolute atomic E-state index is 10.3. The zero-order chi connectivity index (χ0) is 9.72. The van der Waals surface area contributed by atoms with Crippen LogP contribution in [-0.4, -0.2) is 42.0 Å². The van der Waals surface area contributed by atoms with E-state index in [-0.39, 0.29) is 0 Å². The molecule has 2 atom stereocenters. The van der Waals surface area contributed by atoms with E-state index in [9.17, 15) is 9.59 Å². The summed E-state index contributed by atoms with van der Waals surface area (Å²) >= 11 is 0. The number of nitrogens with one attached hydrogen (secondary N) is 1. The summed E-state index contributed by atoms with van der Waals surface area (Å²) in [7, 11) is 4.75. The number of amides is 1. The highest BCUT2D eigenvalue weighted by Gasteiger charge is 2.24. The quantitative estimate of drug-likeness (QED) is 0.477. The normalized spacial score (nSPS) is 14.8. The molecule has 0 saturated heterocycles. The molecule has 0 spiro atoms. The van der Waals surface area contributed by atoms with Crippen LogP contribution < -0.4 is 5.32 Å². The van der Waals surface area contributed by atoms with Crippen LogP contribution in [0.5, 0.6) is 0 Å². The minimum atomic E-state index is -1.61. The highest BCUT2D eigenvalue weighted by molar-refractivity contribution is 6.57. The van der Waals surface area contributed by atoms with Gasteiger partial charge < -0.3 is 15.5 Å². The molecular weight excluding hydrogens is 161 g/mol. The van der Waals surface area contributed by atoms with Gasteiger partial charge in [-0.15, -0.1) is 0 Å². The number of hydrogen-bond donors (Lipinski definition) is 3. The predicted molar refractivity (Wildman–Crippen MR) is 42.0 cm³/mol. The molecule has 66 valence electrons. The fraction of sp³-hybridized carbons (Fsp3) is 0.667. The number of carbonyl (C=O) groups excluding carboxylic acids is 1. The van der Waals surface area contributed by atoms with Crippen molar-refractivity contribution in [3.8, 4) is 0 Å². The highest BCUT2D eigenvalue weighted by Crippen LogP contribution is 1.98. The van der Waals surface area contributed by atoms with Crippen molar-refractivity contribution in [2.75, 3.05) is 0 Å². The lowest BCUT2D eigenvalue weighted by Gasteiger charge is -2.18.